The van der Waals surface area contributed by atoms with Crippen molar-refractivity contribution in [2.24, 2.45) is 0 Å². The molecule has 2 aromatic heterocycles. The smallest absolute Gasteiger partial charge is 0.166 e. The molecular formula is C16H17Cl2FN6. The summed E-state index contributed by atoms with van der Waals surface area (Å²) in [5, 5.41) is 11.9. The molecule has 3 heterocycles. The number of piperidine rings is 1. The molecule has 1 saturated heterocycles. The number of imidazole rings is 1. The Hall–Kier alpha value is -1.96. The molecule has 1 N–H and O–H groups in total. The first kappa shape index (κ1) is 17.8. The van der Waals surface area contributed by atoms with Crippen LogP contribution in [0.25, 0.3) is 17.2 Å². The highest BCUT2D eigenvalue weighted by atomic mass is 35.5. The summed E-state index contributed by atoms with van der Waals surface area (Å²) in [5.41, 5.74) is 1.41. The number of rotatable bonds is 3. The van der Waals surface area contributed by atoms with Crippen molar-refractivity contribution in [1.82, 2.24) is 29.9 Å². The zero-order chi connectivity index (χ0) is 16.5. The Morgan fingerprint density at radius 2 is 2.04 bits per heavy atom. The van der Waals surface area contributed by atoms with Gasteiger partial charge in [-0.15, -0.1) is 17.5 Å². The summed E-state index contributed by atoms with van der Waals surface area (Å²) >= 11 is 5.89. The van der Waals surface area contributed by atoms with E-state index in [0.29, 0.717) is 17.6 Å². The lowest BCUT2D eigenvalue weighted by atomic mass is 10.1. The van der Waals surface area contributed by atoms with E-state index in [4.69, 9.17) is 11.6 Å². The highest BCUT2D eigenvalue weighted by molar-refractivity contribution is 6.30. The Bertz CT molecular complexity index is 856. The van der Waals surface area contributed by atoms with Gasteiger partial charge in [-0.1, -0.05) is 16.8 Å². The van der Waals surface area contributed by atoms with Gasteiger partial charge in [-0.2, -0.15) is 0 Å². The molecule has 25 heavy (non-hydrogen) atoms. The Labute approximate surface area is 155 Å². The summed E-state index contributed by atoms with van der Waals surface area (Å²) in [7, 11) is 0. The van der Waals surface area contributed by atoms with Gasteiger partial charge in [-0.3, -0.25) is 4.57 Å². The number of aromatic nitrogens is 5. The van der Waals surface area contributed by atoms with Crippen LogP contribution in [0.15, 0.2) is 36.8 Å². The maximum absolute atomic E-state index is 13.4. The van der Waals surface area contributed by atoms with Crippen molar-refractivity contribution in [2.45, 2.75) is 18.9 Å². The molecule has 4 rings (SSSR count). The molecule has 3 aromatic rings. The average Bonchev–Trinajstić information content (AvgIpc) is 3.27. The van der Waals surface area contributed by atoms with Crippen molar-refractivity contribution in [2.75, 3.05) is 13.1 Å². The van der Waals surface area contributed by atoms with Crippen LogP contribution in [0.1, 0.15) is 18.9 Å². The zero-order valence-electron chi connectivity index (χ0n) is 13.3. The third-order valence-corrected chi connectivity index (χ3v) is 4.53. The molecule has 0 bridgehead atoms. The molecule has 132 valence electrons. The van der Waals surface area contributed by atoms with E-state index in [1.807, 2.05) is 15.4 Å². The van der Waals surface area contributed by atoms with Gasteiger partial charge < -0.3 is 5.32 Å². The second kappa shape index (κ2) is 7.51. The molecule has 1 aliphatic heterocycles. The van der Waals surface area contributed by atoms with Crippen LogP contribution >= 0.6 is 24.0 Å². The predicted molar refractivity (Wildman–Crippen MR) is 95.9 cm³/mol. The van der Waals surface area contributed by atoms with E-state index >= 15 is 0 Å². The first-order valence-corrected chi connectivity index (χ1v) is 8.22. The molecular weight excluding hydrogens is 366 g/mol. The monoisotopic (exact) mass is 382 g/mol. The van der Waals surface area contributed by atoms with Crippen LogP contribution in [-0.2, 0) is 0 Å². The second-order valence-corrected chi connectivity index (χ2v) is 6.19. The molecule has 0 unspecified atom stereocenters. The minimum Gasteiger partial charge on any atom is -0.317 e. The summed E-state index contributed by atoms with van der Waals surface area (Å²) in [6.07, 6.45) is 7.45. The SMILES string of the molecule is Cl.Fc1ccc(-n2ccnc2-c2cn(C3CCNCC3)nn2)cc1Cl. The van der Waals surface area contributed by atoms with E-state index < -0.39 is 5.82 Å². The van der Waals surface area contributed by atoms with Crippen LogP contribution in [0.2, 0.25) is 5.02 Å². The van der Waals surface area contributed by atoms with Crippen molar-refractivity contribution < 1.29 is 4.39 Å². The Kier molecular flexibility index (Phi) is 5.36. The lowest BCUT2D eigenvalue weighted by Gasteiger charge is -2.22. The number of nitrogens with one attached hydrogen (secondary N) is 1. The highest BCUT2D eigenvalue weighted by Crippen LogP contribution is 2.25. The minimum atomic E-state index is -0.445. The zero-order valence-corrected chi connectivity index (χ0v) is 14.8. The summed E-state index contributed by atoms with van der Waals surface area (Å²) in [5.74, 6) is 0.205. The third-order valence-electron chi connectivity index (χ3n) is 4.24. The fourth-order valence-electron chi connectivity index (χ4n) is 2.97. The van der Waals surface area contributed by atoms with Gasteiger partial charge in [-0.05, 0) is 44.1 Å². The normalized spacial score (nSPS) is 15.1. The summed E-state index contributed by atoms with van der Waals surface area (Å²) < 4.78 is 17.1. The molecule has 1 aliphatic rings. The summed E-state index contributed by atoms with van der Waals surface area (Å²) in [4.78, 5) is 4.37. The lowest BCUT2D eigenvalue weighted by molar-refractivity contribution is 0.337. The summed E-state index contributed by atoms with van der Waals surface area (Å²) in [6, 6.07) is 4.92. The molecule has 9 heteroatoms. The van der Waals surface area contributed by atoms with Crippen molar-refractivity contribution in [3.05, 3.63) is 47.6 Å². The first-order chi connectivity index (χ1) is 11.7. The molecule has 0 amide bonds. The Morgan fingerprint density at radius 1 is 1.24 bits per heavy atom. The van der Waals surface area contributed by atoms with Gasteiger partial charge in [0.1, 0.15) is 11.5 Å². The number of hydrogen-bond acceptors (Lipinski definition) is 4. The highest BCUT2D eigenvalue weighted by Gasteiger charge is 2.19. The molecule has 0 spiro atoms. The average molecular weight is 383 g/mol. The quantitative estimate of drug-likeness (QED) is 0.754. The van der Waals surface area contributed by atoms with Crippen molar-refractivity contribution in [1.29, 1.82) is 0 Å². The third kappa shape index (κ3) is 3.53. The van der Waals surface area contributed by atoms with Gasteiger partial charge in [0.2, 0.25) is 0 Å². The largest absolute Gasteiger partial charge is 0.317 e. The number of hydrogen-bond donors (Lipinski definition) is 1. The first-order valence-electron chi connectivity index (χ1n) is 7.84. The van der Waals surface area contributed by atoms with Crippen LogP contribution < -0.4 is 5.32 Å². The van der Waals surface area contributed by atoms with Crippen molar-refractivity contribution >= 4 is 24.0 Å². The maximum atomic E-state index is 13.4. The maximum Gasteiger partial charge on any atom is 0.166 e. The van der Waals surface area contributed by atoms with Crippen LogP contribution in [0.3, 0.4) is 0 Å². The lowest BCUT2D eigenvalue weighted by Crippen LogP contribution is -2.29. The molecule has 0 radical (unpaired) electrons. The van der Waals surface area contributed by atoms with E-state index in [0.717, 1.165) is 31.6 Å². The minimum absolute atomic E-state index is 0. The fourth-order valence-corrected chi connectivity index (χ4v) is 3.14. The van der Waals surface area contributed by atoms with Gasteiger partial charge in [0.25, 0.3) is 0 Å². The van der Waals surface area contributed by atoms with E-state index in [2.05, 4.69) is 20.6 Å². The van der Waals surface area contributed by atoms with Gasteiger partial charge in [-0.25, -0.2) is 14.1 Å². The van der Waals surface area contributed by atoms with E-state index in [9.17, 15) is 4.39 Å². The molecule has 6 nitrogen and oxygen atoms in total. The van der Waals surface area contributed by atoms with Crippen LogP contribution in [0.5, 0.6) is 0 Å². The molecule has 0 saturated carbocycles. The molecule has 1 fully saturated rings. The second-order valence-electron chi connectivity index (χ2n) is 5.78. The molecule has 0 atom stereocenters. The van der Waals surface area contributed by atoms with Crippen LogP contribution in [0, 0.1) is 5.82 Å². The van der Waals surface area contributed by atoms with Gasteiger partial charge in [0, 0.05) is 18.1 Å². The summed E-state index contributed by atoms with van der Waals surface area (Å²) in [6.45, 7) is 1.98. The van der Waals surface area contributed by atoms with Crippen molar-refractivity contribution in [3.8, 4) is 17.2 Å². The van der Waals surface area contributed by atoms with Crippen LogP contribution in [-0.4, -0.2) is 37.6 Å². The van der Waals surface area contributed by atoms with E-state index in [-0.39, 0.29) is 17.4 Å². The number of halogens is 3. The fraction of sp³-hybridized carbons (Fsp3) is 0.312. The van der Waals surface area contributed by atoms with Gasteiger partial charge in [0.05, 0.1) is 17.3 Å². The Balaban J connectivity index is 0.00000182. The van der Waals surface area contributed by atoms with E-state index in [1.54, 1.807) is 24.5 Å². The van der Waals surface area contributed by atoms with Crippen molar-refractivity contribution in [3.63, 3.8) is 0 Å². The molecule has 0 aliphatic carbocycles. The van der Waals surface area contributed by atoms with Gasteiger partial charge in [0.15, 0.2) is 5.82 Å². The number of benzene rings is 1. The standard InChI is InChI=1S/C16H16ClFN6.ClH/c17-13-9-12(1-2-14(13)18)23-8-7-20-16(23)15-10-24(22-21-15)11-3-5-19-6-4-11;/h1-2,7-11,19H,3-6H2;1H. The Morgan fingerprint density at radius 3 is 2.80 bits per heavy atom. The molecule has 1 aromatic carbocycles. The number of nitrogens with zero attached hydrogens (tertiary/aromatic N) is 5. The predicted octanol–water partition coefficient (Wildman–Crippen LogP) is 3.27. The van der Waals surface area contributed by atoms with Crippen LogP contribution in [0.4, 0.5) is 4.39 Å². The topological polar surface area (TPSA) is 60.6 Å². The van der Waals surface area contributed by atoms with Gasteiger partial charge >= 0.3 is 0 Å². The van der Waals surface area contributed by atoms with E-state index in [1.165, 1.54) is 6.07 Å².